The Morgan fingerprint density at radius 2 is 2.80 bits per heavy atom. The predicted octanol–water partition coefficient (Wildman–Crippen LogP) is 0.665. The second-order valence-electron chi connectivity index (χ2n) is 1.08. The fourth-order valence-electron chi connectivity index (χ4n) is 0.373. The molecule has 0 unspecified atom stereocenters. The highest BCUT2D eigenvalue weighted by molar-refractivity contribution is 5.69. The van der Waals surface area contributed by atoms with Crippen LogP contribution in [0.5, 0.6) is 0 Å². The molecule has 0 aromatic rings. The standard InChI is InChI=1S/C4H6N/c1-2-4-5-3-1/h1,3H,2,4H2/q+1. The Balaban J connectivity index is 2.32. The van der Waals surface area contributed by atoms with E-state index in [-0.39, 0.29) is 0 Å². The van der Waals surface area contributed by atoms with Crippen LogP contribution in [0.1, 0.15) is 6.42 Å². The van der Waals surface area contributed by atoms with E-state index in [2.05, 4.69) is 11.4 Å². The quantitative estimate of drug-likeness (QED) is 0.370. The SMILES string of the molecule is C1=NCC[CH+]1. The zero-order valence-electron chi connectivity index (χ0n) is 3.02. The highest BCUT2D eigenvalue weighted by Gasteiger charge is 1.97. The van der Waals surface area contributed by atoms with Crippen molar-refractivity contribution in [2.24, 2.45) is 4.99 Å². The largest absolute Gasteiger partial charge is 0.247 e. The lowest BCUT2D eigenvalue weighted by Gasteiger charge is -1.58. The van der Waals surface area contributed by atoms with Crippen LogP contribution in [-0.4, -0.2) is 12.8 Å². The summed E-state index contributed by atoms with van der Waals surface area (Å²) in [4.78, 5) is 3.90. The van der Waals surface area contributed by atoms with Crippen molar-refractivity contribution in [1.82, 2.24) is 0 Å². The van der Waals surface area contributed by atoms with E-state index in [0.29, 0.717) is 0 Å². The molecule has 0 aromatic heterocycles. The molecule has 0 atom stereocenters. The van der Waals surface area contributed by atoms with Crippen molar-refractivity contribution in [1.29, 1.82) is 0 Å². The van der Waals surface area contributed by atoms with E-state index in [4.69, 9.17) is 0 Å². The lowest BCUT2D eigenvalue weighted by molar-refractivity contribution is 1.04. The highest BCUT2D eigenvalue weighted by atomic mass is 14.7. The Kier molecular flexibility index (Phi) is 0.612. The third-order valence-corrected chi connectivity index (χ3v) is 0.636. The number of hydrogen-bond acceptors (Lipinski definition) is 1. The van der Waals surface area contributed by atoms with Crippen molar-refractivity contribution >= 4 is 6.21 Å². The fraction of sp³-hybridized carbons (Fsp3) is 0.500. The van der Waals surface area contributed by atoms with E-state index in [9.17, 15) is 0 Å². The number of aliphatic imine (C=N–C) groups is 1. The van der Waals surface area contributed by atoms with E-state index in [0.717, 1.165) is 13.0 Å². The topological polar surface area (TPSA) is 12.4 Å². The van der Waals surface area contributed by atoms with Crippen LogP contribution in [0.2, 0.25) is 0 Å². The predicted molar refractivity (Wildman–Crippen MR) is 22.3 cm³/mol. The summed E-state index contributed by atoms with van der Waals surface area (Å²) in [7, 11) is 0. The zero-order chi connectivity index (χ0) is 3.54. The van der Waals surface area contributed by atoms with Crippen LogP contribution in [0.15, 0.2) is 4.99 Å². The fourth-order valence-corrected chi connectivity index (χ4v) is 0.373. The molecule has 1 heterocycles. The first kappa shape index (κ1) is 2.76. The van der Waals surface area contributed by atoms with Gasteiger partial charge in [-0.3, -0.25) is 0 Å². The molecule has 1 aliphatic rings. The summed E-state index contributed by atoms with van der Waals surface area (Å²) in [6, 6.07) is 0. The van der Waals surface area contributed by atoms with Gasteiger partial charge in [-0.25, -0.2) is 4.99 Å². The first-order valence-electron chi connectivity index (χ1n) is 1.82. The van der Waals surface area contributed by atoms with E-state index < -0.39 is 0 Å². The van der Waals surface area contributed by atoms with Gasteiger partial charge in [0.15, 0.2) is 6.21 Å². The molecule has 1 heteroatoms. The van der Waals surface area contributed by atoms with Crippen LogP contribution in [0, 0.1) is 6.42 Å². The Labute approximate surface area is 31.7 Å². The molecule has 0 saturated carbocycles. The maximum Gasteiger partial charge on any atom is 0.180 e. The summed E-state index contributed by atoms with van der Waals surface area (Å²) in [5.74, 6) is 0. The molecule has 5 heavy (non-hydrogen) atoms. The minimum atomic E-state index is 1.01. The molecular formula is C4H6N+. The second-order valence-corrected chi connectivity index (χ2v) is 1.08. The van der Waals surface area contributed by atoms with E-state index in [1.807, 2.05) is 6.21 Å². The minimum Gasteiger partial charge on any atom is -0.247 e. The van der Waals surface area contributed by atoms with Gasteiger partial charge in [0.1, 0.15) is 12.8 Å². The zero-order valence-corrected chi connectivity index (χ0v) is 3.02. The molecule has 0 fully saturated rings. The van der Waals surface area contributed by atoms with Crippen LogP contribution in [0.3, 0.4) is 0 Å². The smallest absolute Gasteiger partial charge is 0.180 e. The third kappa shape index (κ3) is 0.407. The monoisotopic (exact) mass is 68.0 g/mol. The van der Waals surface area contributed by atoms with Gasteiger partial charge in [0.05, 0.1) is 6.54 Å². The molecular weight excluding hydrogens is 62.1 g/mol. The highest BCUT2D eigenvalue weighted by Crippen LogP contribution is 1.90. The Morgan fingerprint density at radius 3 is 3.00 bits per heavy atom. The summed E-state index contributed by atoms with van der Waals surface area (Å²) < 4.78 is 0. The second kappa shape index (κ2) is 1.11. The van der Waals surface area contributed by atoms with Gasteiger partial charge in [0, 0.05) is 0 Å². The Hall–Kier alpha value is -0.460. The van der Waals surface area contributed by atoms with Crippen molar-refractivity contribution in [3.05, 3.63) is 6.42 Å². The van der Waals surface area contributed by atoms with Crippen molar-refractivity contribution in [3.63, 3.8) is 0 Å². The molecule has 0 bridgehead atoms. The van der Waals surface area contributed by atoms with Crippen LogP contribution in [0.25, 0.3) is 0 Å². The molecule has 0 saturated heterocycles. The first-order valence-corrected chi connectivity index (χ1v) is 1.82. The number of hydrogen-bond donors (Lipinski definition) is 0. The molecule has 0 spiro atoms. The molecule has 0 radical (unpaired) electrons. The molecule has 26 valence electrons. The molecule has 0 aromatic carbocycles. The van der Waals surface area contributed by atoms with Crippen LogP contribution < -0.4 is 0 Å². The van der Waals surface area contributed by atoms with Crippen molar-refractivity contribution in [3.8, 4) is 0 Å². The van der Waals surface area contributed by atoms with Crippen molar-refractivity contribution in [2.75, 3.05) is 6.54 Å². The van der Waals surface area contributed by atoms with E-state index in [1.165, 1.54) is 0 Å². The molecule has 0 aliphatic carbocycles. The summed E-state index contributed by atoms with van der Waals surface area (Å²) >= 11 is 0. The van der Waals surface area contributed by atoms with Gasteiger partial charge >= 0.3 is 0 Å². The maximum atomic E-state index is 3.90. The summed E-state index contributed by atoms with van der Waals surface area (Å²) in [5, 5.41) is 0. The average molecular weight is 68.1 g/mol. The van der Waals surface area contributed by atoms with E-state index >= 15 is 0 Å². The Morgan fingerprint density at radius 1 is 1.80 bits per heavy atom. The van der Waals surface area contributed by atoms with E-state index in [1.54, 1.807) is 0 Å². The van der Waals surface area contributed by atoms with Gasteiger partial charge in [-0.1, -0.05) is 0 Å². The molecule has 1 nitrogen and oxygen atoms in total. The van der Waals surface area contributed by atoms with Crippen LogP contribution in [0.4, 0.5) is 0 Å². The van der Waals surface area contributed by atoms with Gasteiger partial charge in [0.2, 0.25) is 0 Å². The van der Waals surface area contributed by atoms with Crippen LogP contribution >= 0.6 is 0 Å². The van der Waals surface area contributed by atoms with Gasteiger partial charge < -0.3 is 0 Å². The van der Waals surface area contributed by atoms with Crippen molar-refractivity contribution < 1.29 is 0 Å². The number of rotatable bonds is 0. The molecule has 1 aliphatic heterocycles. The molecule has 0 amide bonds. The summed E-state index contributed by atoms with van der Waals surface area (Å²) in [6.45, 7) is 1.01. The van der Waals surface area contributed by atoms with Gasteiger partial charge in [0.25, 0.3) is 0 Å². The minimum absolute atomic E-state index is 1.01. The van der Waals surface area contributed by atoms with Gasteiger partial charge in [-0.2, -0.15) is 0 Å². The van der Waals surface area contributed by atoms with Crippen molar-refractivity contribution in [2.45, 2.75) is 6.42 Å². The lowest BCUT2D eigenvalue weighted by Crippen LogP contribution is -1.63. The first-order chi connectivity index (χ1) is 2.50. The average Bonchev–Trinajstić information content (AvgIpc) is 1.76. The normalized spacial score (nSPS) is 19.2. The summed E-state index contributed by atoms with van der Waals surface area (Å²) in [5.41, 5.74) is 0. The molecule has 0 N–H and O–H groups in total. The maximum absolute atomic E-state index is 3.90. The van der Waals surface area contributed by atoms with Gasteiger partial charge in [-0.05, 0) is 0 Å². The molecule has 1 rings (SSSR count). The number of nitrogens with zero attached hydrogens (tertiary/aromatic N) is 1. The Bertz CT molecular complexity index is 41.6. The third-order valence-electron chi connectivity index (χ3n) is 0.636. The lowest BCUT2D eigenvalue weighted by atomic mass is 10.4. The summed E-state index contributed by atoms with van der Waals surface area (Å²) in [6.07, 6.45) is 5.08. The van der Waals surface area contributed by atoms with Crippen LogP contribution in [-0.2, 0) is 0 Å². The van der Waals surface area contributed by atoms with Gasteiger partial charge in [-0.15, -0.1) is 0 Å².